The van der Waals surface area contributed by atoms with Gasteiger partial charge in [0.05, 0.1) is 19.3 Å². The van der Waals surface area contributed by atoms with Gasteiger partial charge in [-0.1, -0.05) is 25.1 Å². The van der Waals surface area contributed by atoms with Crippen molar-refractivity contribution in [1.82, 2.24) is 15.1 Å². The zero-order valence-electron chi connectivity index (χ0n) is 21.6. The minimum absolute atomic E-state index is 0.161. The Morgan fingerprint density at radius 1 is 0.973 bits per heavy atom. The largest absolute Gasteiger partial charge is 0.481 e. The summed E-state index contributed by atoms with van der Waals surface area (Å²) >= 11 is 0. The summed E-state index contributed by atoms with van der Waals surface area (Å²) in [4.78, 5) is 47.8. The topological polar surface area (TPSA) is 168 Å². The zero-order chi connectivity index (χ0) is 27.6. The lowest BCUT2D eigenvalue weighted by Crippen LogP contribution is -2.50. The molecule has 1 aliphatic heterocycles. The predicted octanol–water partition coefficient (Wildman–Crippen LogP) is 0.612. The monoisotopic (exact) mass is 521 g/mol. The molecule has 0 aromatic heterocycles. The number of hydrogen-bond acceptors (Lipinski definition) is 7. The molecule has 0 saturated carbocycles. The number of amides is 1. The van der Waals surface area contributed by atoms with Crippen LogP contribution >= 0.6 is 0 Å². The molecule has 11 heteroatoms. The van der Waals surface area contributed by atoms with Crippen molar-refractivity contribution in [3.8, 4) is 0 Å². The lowest BCUT2D eigenvalue weighted by Gasteiger charge is -2.34. The molecule has 2 aliphatic rings. The maximum atomic E-state index is 12.4. The number of aliphatic hydroxyl groups is 1. The molecule has 1 aliphatic carbocycles. The number of carbonyl (C=O) groups is 4. The van der Waals surface area contributed by atoms with Gasteiger partial charge in [0.1, 0.15) is 0 Å². The molecule has 1 atom stereocenters. The van der Waals surface area contributed by atoms with Crippen molar-refractivity contribution in [3.63, 3.8) is 0 Å². The van der Waals surface area contributed by atoms with Crippen LogP contribution in [0.5, 0.6) is 0 Å². The van der Waals surface area contributed by atoms with Crippen LogP contribution in [-0.4, -0.2) is 105 Å². The number of aryl methyl sites for hydroxylation is 2. The van der Waals surface area contributed by atoms with E-state index in [-0.39, 0.29) is 11.9 Å². The van der Waals surface area contributed by atoms with Crippen LogP contribution in [0.15, 0.2) is 18.2 Å². The number of nitrogens with zero attached hydrogens (tertiary/aromatic N) is 2. The first kappa shape index (κ1) is 30.2. The van der Waals surface area contributed by atoms with Crippen LogP contribution in [0.4, 0.5) is 0 Å². The minimum Gasteiger partial charge on any atom is -0.481 e. The molecule has 1 aromatic rings. The van der Waals surface area contributed by atoms with E-state index in [0.717, 1.165) is 44.7 Å². The molecule has 1 unspecified atom stereocenters. The average molecular weight is 522 g/mol. The third kappa shape index (κ3) is 10.1. The third-order valence-corrected chi connectivity index (χ3v) is 6.75. The Kier molecular flexibility index (Phi) is 11.5. The van der Waals surface area contributed by atoms with Crippen molar-refractivity contribution in [2.75, 3.05) is 39.8 Å². The summed E-state index contributed by atoms with van der Waals surface area (Å²) in [6.45, 7) is 7.59. The molecular weight excluding hydrogens is 482 g/mol. The Morgan fingerprint density at radius 2 is 1.57 bits per heavy atom. The molecular formula is C26H39N3O8. The van der Waals surface area contributed by atoms with Gasteiger partial charge in [0.15, 0.2) is 5.60 Å². The lowest BCUT2D eigenvalue weighted by molar-refractivity contribution is -0.170. The highest BCUT2D eigenvalue weighted by atomic mass is 16.4. The number of rotatable bonds is 11. The molecule has 0 spiro atoms. The van der Waals surface area contributed by atoms with E-state index in [2.05, 4.69) is 47.3 Å². The molecule has 37 heavy (non-hydrogen) atoms. The standard InChI is InChI=1S/C20H31N3O.C6H8O7/c1-3-19(15-23-11-9-22(2)10-12-23)21-20(24)14-16-7-8-17-5-4-6-18(17)13-16;7-3(8)1-6(13,5(11)12)2-4(9)10/h7-8,13,19H,3-6,9-12,14-15H2,1-2H3,(H,21,24);13H,1-2H2,(H,7,8)(H,9,10)(H,11,12). The fourth-order valence-corrected chi connectivity index (χ4v) is 4.53. The molecule has 1 amide bonds. The number of fused-ring (bicyclic) bond motifs is 1. The molecule has 1 fully saturated rings. The molecule has 3 rings (SSSR count). The number of carboxylic acid groups (broad SMARTS) is 3. The van der Waals surface area contributed by atoms with Crippen molar-refractivity contribution in [2.24, 2.45) is 0 Å². The van der Waals surface area contributed by atoms with Gasteiger partial charge in [-0.3, -0.25) is 19.3 Å². The number of piperazine rings is 1. The molecule has 5 N–H and O–H groups in total. The summed E-state index contributed by atoms with van der Waals surface area (Å²) in [5.41, 5.74) is 1.34. The second kappa shape index (κ2) is 14.1. The van der Waals surface area contributed by atoms with Gasteiger partial charge in [0.2, 0.25) is 5.91 Å². The second-order valence-corrected chi connectivity index (χ2v) is 9.89. The summed E-state index contributed by atoms with van der Waals surface area (Å²) in [7, 11) is 2.17. The number of carboxylic acids is 3. The number of carbonyl (C=O) groups excluding carboxylic acids is 1. The Balaban J connectivity index is 0.000000317. The van der Waals surface area contributed by atoms with Crippen LogP contribution in [-0.2, 0) is 38.4 Å². The van der Waals surface area contributed by atoms with Gasteiger partial charge in [-0.25, -0.2) is 4.79 Å². The fourth-order valence-electron chi connectivity index (χ4n) is 4.53. The van der Waals surface area contributed by atoms with E-state index in [4.69, 9.17) is 20.4 Å². The van der Waals surface area contributed by atoms with Gasteiger partial charge in [-0.15, -0.1) is 0 Å². The number of aliphatic carboxylic acids is 3. The minimum atomic E-state index is -2.74. The Bertz CT molecular complexity index is 943. The molecule has 1 aromatic carbocycles. The van der Waals surface area contributed by atoms with E-state index in [1.54, 1.807) is 0 Å². The molecule has 0 radical (unpaired) electrons. The zero-order valence-corrected chi connectivity index (χ0v) is 21.6. The number of nitrogens with one attached hydrogen (secondary N) is 1. The fraction of sp³-hybridized carbons (Fsp3) is 0.615. The number of likely N-dealkylation sites (N-methyl/N-ethyl adjacent to an activating group) is 1. The SMILES string of the molecule is CCC(CN1CCN(C)CC1)NC(=O)Cc1ccc2c(c1)CCC2.O=C(O)CC(O)(CC(=O)O)C(=O)O. The van der Waals surface area contributed by atoms with E-state index in [1.165, 1.54) is 30.4 Å². The van der Waals surface area contributed by atoms with Crippen molar-refractivity contribution < 1.29 is 39.6 Å². The van der Waals surface area contributed by atoms with Gasteiger partial charge >= 0.3 is 17.9 Å². The smallest absolute Gasteiger partial charge is 0.336 e. The predicted molar refractivity (Wildman–Crippen MR) is 135 cm³/mol. The maximum Gasteiger partial charge on any atom is 0.336 e. The first-order valence-corrected chi connectivity index (χ1v) is 12.6. The van der Waals surface area contributed by atoms with Gasteiger partial charge < -0.3 is 30.6 Å². The summed E-state index contributed by atoms with van der Waals surface area (Å²) in [6.07, 6.45) is 2.84. The van der Waals surface area contributed by atoms with Crippen LogP contribution in [0.2, 0.25) is 0 Å². The second-order valence-electron chi connectivity index (χ2n) is 9.89. The number of benzene rings is 1. The molecule has 11 nitrogen and oxygen atoms in total. The Morgan fingerprint density at radius 3 is 2.11 bits per heavy atom. The highest BCUT2D eigenvalue weighted by Crippen LogP contribution is 2.23. The van der Waals surface area contributed by atoms with E-state index >= 15 is 0 Å². The first-order chi connectivity index (χ1) is 17.4. The van der Waals surface area contributed by atoms with Crippen LogP contribution < -0.4 is 5.32 Å². The highest BCUT2D eigenvalue weighted by molar-refractivity contribution is 5.88. The summed E-state index contributed by atoms with van der Waals surface area (Å²) in [5.74, 6) is -4.86. The van der Waals surface area contributed by atoms with Gasteiger partial charge in [-0.2, -0.15) is 0 Å². The van der Waals surface area contributed by atoms with Gasteiger partial charge in [-0.05, 0) is 49.4 Å². The van der Waals surface area contributed by atoms with E-state index in [9.17, 15) is 19.2 Å². The van der Waals surface area contributed by atoms with Crippen LogP contribution in [0, 0.1) is 0 Å². The first-order valence-electron chi connectivity index (χ1n) is 12.6. The summed E-state index contributed by atoms with van der Waals surface area (Å²) in [5, 5.41) is 37.1. The van der Waals surface area contributed by atoms with Crippen molar-refractivity contribution in [2.45, 2.75) is 63.5 Å². The van der Waals surface area contributed by atoms with E-state index < -0.39 is 36.4 Å². The van der Waals surface area contributed by atoms with E-state index in [1.807, 2.05) is 0 Å². The normalized spacial score (nSPS) is 16.7. The molecule has 206 valence electrons. The lowest BCUT2D eigenvalue weighted by atomic mass is 9.96. The maximum absolute atomic E-state index is 12.4. The molecule has 0 bridgehead atoms. The number of hydrogen-bond donors (Lipinski definition) is 5. The molecule has 1 heterocycles. The van der Waals surface area contributed by atoms with Crippen LogP contribution in [0.3, 0.4) is 0 Å². The Labute approximate surface area is 217 Å². The van der Waals surface area contributed by atoms with Gasteiger partial charge in [0.25, 0.3) is 0 Å². The van der Waals surface area contributed by atoms with Crippen molar-refractivity contribution in [3.05, 3.63) is 34.9 Å². The molecule has 1 saturated heterocycles. The third-order valence-electron chi connectivity index (χ3n) is 6.75. The highest BCUT2D eigenvalue weighted by Gasteiger charge is 2.40. The van der Waals surface area contributed by atoms with Crippen molar-refractivity contribution >= 4 is 23.8 Å². The van der Waals surface area contributed by atoms with Crippen molar-refractivity contribution in [1.29, 1.82) is 0 Å². The van der Waals surface area contributed by atoms with Crippen LogP contribution in [0.1, 0.15) is 49.3 Å². The quantitative estimate of drug-likeness (QED) is 0.278. The summed E-state index contributed by atoms with van der Waals surface area (Å²) < 4.78 is 0. The van der Waals surface area contributed by atoms with Gasteiger partial charge in [0, 0.05) is 38.8 Å². The van der Waals surface area contributed by atoms with Crippen LogP contribution in [0.25, 0.3) is 0 Å². The Hall–Kier alpha value is -3.02. The average Bonchev–Trinajstić information content (AvgIpc) is 3.27. The van der Waals surface area contributed by atoms with E-state index in [0.29, 0.717) is 6.42 Å². The summed E-state index contributed by atoms with van der Waals surface area (Å²) in [6, 6.07) is 6.84.